The molecule has 1 fully saturated rings. The number of amides is 2. The Hall–Kier alpha value is -1.96. The van der Waals surface area contributed by atoms with Gasteiger partial charge in [-0.3, -0.25) is 9.59 Å². The molecule has 2 heterocycles. The van der Waals surface area contributed by atoms with Crippen LogP contribution in [0.1, 0.15) is 19.8 Å². The number of nitrogens with zero attached hydrogens (tertiary/aromatic N) is 1. The molecule has 0 saturated carbocycles. The van der Waals surface area contributed by atoms with E-state index in [0.717, 1.165) is 36.3 Å². The topological polar surface area (TPSA) is 83.1 Å². The maximum absolute atomic E-state index is 12.1. The van der Waals surface area contributed by atoms with Crippen LogP contribution in [0.5, 0.6) is 0 Å². The number of benzene rings is 1. The van der Waals surface area contributed by atoms with Crippen LogP contribution in [-0.4, -0.2) is 29.4 Å². The number of rotatable bonds is 4. The summed E-state index contributed by atoms with van der Waals surface area (Å²) in [6, 6.07) is 7.34. The Morgan fingerprint density at radius 1 is 1.25 bits per heavy atom. The second-order valence-corrected chi connectivity index (χ2v) is 6.29. The van der Waals surface area contributed by atoms with Gasteiger partial charge in [-0.05, 0) is 31.5 Å². The summed E-state index contributed by atoms with van der Waals surface area (Å²) < 4.78 is 0. The van der Waals surface area contributed by atoms with Crippen LogP contribution in [0.25, 0.3) is 11.3 Å². The molecule has 24 heavy (non-hydrogen) atoms. The Morgan fingerprint density at radius 3 is 2.62 bits per heavy atom. The van der Waals surface area contributed by atoms with E-state index in [1.165, 1.54) is 18.3 Å². The molecule has 1 saturated heterocycles. The highest BCUT2D eigenvalue weighted by molar-refractivity contribution is 7.14. The van der Waals surface area contributed by atoms with Crippen molar-refractivity contribution in [2.45, 2.75) is 25.8 Å². The Kier molecular flexibility index (Phi) is 6.30. The largest absolute Gasteiger partial charge is 0.326 e. The lowest BCUT2D eigenvalue weighted by Crippen LogP contribution is -2.35. The lowest BCUT2D eigenvalue weighted by molar-refractivity contribution is -0.117. The highest BCUT2D eigenvalue weighted by atomic mass is 35.5. The molecular formula is C16H19ClN4O2S. The Labute approximate surface area is 150 Å². The molecule has 1 aromatic heterocycles. The van der Waals surface area contributed by atoms with Gasteiger partial charge in [0, 0.05) is 23.6 Å². The zero-order valence-corrected chi connectivity index (χ0v) is 14.8. The van der Waals surface area contributed by atoms with Gasteiger partial charge >= 0.3 is 0 Å². The summed E-state index contributed by atoms with van der Waals surface area (Å²) in [5, 5.41) is 11.3. The van der Waals surface area contributed by atoms with Gasteiger partial charge in [-0.1, -0.05) is 12.1 Å². The molecule has 3 N–H and O–H groups in total. The lowest BCUT2D eigenvalue weighted by Gasteiger charge is -2.08. The third-order valence-corrected chi connectivity index (χ3v) is 4.37. The molecule has 128 valence electrons. The fraction of sp³-hybridized carbons (Fsp3) is 0.312. The fourth-order valence-corrected chi connectivity index (χ4v) is 3.21. The number of carbonyl (C=O) groups excluding carboxylic acids is 2. The minimum atomic E-state index is -0.112. The van der Waals surface area contributed by atoms with Crippen molar-refractivity contribution in [3.05, 3.63) is 29.6 Å². The number of halogens is 1. The standard InChI is InChI=1S/C16H18N4O2S.ClH/c1-10(21)18-12-6-4-11(5-7-12)14-9-23-16(19-14)20-15(22)13-3-2-8-17-13;/h4-7,9,13,17H,2-3,8H2,1H3,(H,18,21)(H,19,20,22);1H. The Morgan fingerprint density at radius 2 is 2.00 bits per heavy atom. The Bertz CT molecular complexity index is 711. The van der Waals surface area contributed by atoms with Gasteiger partial charge in [0.1, 0.15) is 0 Å². The minimum Gasteiger partial charge on any atom is -0.326 e. The van der Waals surface area contributed by atoms with Crippen molar-refractivity contribution in [2.75, 3.05) is 17.2 Å². The van der Waals surface area contributed by atoms with Gasteiger partial charge in [0.2, 0.25) is 11.8 Å². The first kappa shape index (κ1) is 18.4. The first-order valence-corrected chi connectivity index (χ1v) is 8.37. The van der Waals surface area contributed by atoms with Gasteiger partial charge in [0.05, 0.1) is 11.7 Å². The third-order valence-electron chi connectivity index (χ3n) is 3.61. The summed E-state index contributed by atoms with van der Waals surface area (Å²) >= 11 is 1.41. The fourth-order valence-electron chi connectivity index (χ4n) is 2.49. The number of carbonyl (C=O) groups is 2. The summed E-state index contributed by atoms with van der Waals surface area (Å²) in [4.78, 5) is 27.5. The van der Waals surface area contributed by atoms with Crippen molar-refractivity contribution in [3.63, 3.8) is 0 Å². The monoisotopic (exact) mass is 366 g/mol. The molecule has 0 spiro atoms. The van der Waals surface area contributed by atoms with E-state index >= 15 is 0 Å². The van der Waals surface area contributed by atoms with Crippen molar-refractivity contribution in [2.24, 2.45) is 0 Å². The molecule has 0 radical (unpaired) electrons. The molecule has 1 aliphatic heterocycles. The smallest absolute Gasteiger partial charge is 0.243 e. The van der Waals surface area contributed by atoms with E-state index in [0.29, 0.717) is 5.13 Å². The summed E-state index contributed by atoms with van der Waals surface area (Å²) in [6.45, 7) is 2.37. The molecule has 1 unspecified atom stereocenters. The summed E-state index contributed by atoms with van der Waals surface area (Å²) in [6.07, 6.45) is 1.90. The van der Waals surface area contributed by atoms with Crippen molar-refractivity contribution in [1.82, 2.24) is 10.3 Å². The quantitative estimate of drug-likeness (QED) is 0.777. The summed E-state index contributed by atoms with van der Waals surface area (Å²) in [5.41, 5.74) is 2.49. The highest BCUT2D eigenvalue weighted by Gasteiger charge is 2.22. The first-order chi connectivity index (χ1) is 11.1. The van der Waals surface area contributed by atoms with E-state index in [2.05, 4.69) is 20.9 Å². The zero-order valence-electron chi connectivity index (χ0n) is 13.2. The maximum Gasteiger partial charge on any atom is 0.243 e. The molecular weight excluding hydrogens is 348 g/mol. The van der Waals surface area contributed by atoms with Gasteiger partial charge in [0.25, 0.3) is 0 Å². The van der Waals surface area contributed by atoms with E-state index < -0.39 is 0 Å². The minimum absolute atomic E-state index is 0. The number of nitrogens with one attached hydrogen (secondary N) is 3. The number of aromatic nitrogens is 1. The molecule has 1 aromatic carbocycles. The number of anilines is 2. The maximum atomic E-state index is 12.1. The molecule has 3 rings (SSSR count). The van der Waals surface area contributed by atoms with Crippen LogP contribution in [0.4, 0.5) is 10.8 Å². The van der Waals surface area contributed by atoms with Crippen LogP contribution in [0.2, 0.25) is 0 Å². The van der Waals surface area contributed by atoms with Gasteiger partial charge in [-0.15, -0.1) is 23.7 Å². The van der Waals surface area contributed by atoms with Gasteiger partial charge in [-0.25, -0.2) is 4.98 Å². The van der Waals surface area contributed by atoms with Gasteiger partial charge in [0.15, 0.2) is 5.13 Å². The van der Waals surface area contributed by atoms with E-state index in [-0.39, 0.29) is 30.3 Å². The summed E-state index contributed by atoms with van der Waals surface area (Å²) in [5.74, 6) is -0.124. The number of thiazole rings is 1. The highest BCUT2D eigenvalue weighted by Crippen LogP contribution is 2.26. The molecule has 6 nitrogen and oxygen atoms in total. The molecule has 2 aromatic rings. The van der Waals surface area contributed by atoms with Crippen LogP contribution < -0.4 is 16.0 Å². The van der Waals surface area contributed by atoms with Crippen molar-refractivity contribution < 1.29 is 9.59 Å². The van der Waals surface area contributed by atoms with E-state index in [1.807, 2.05) is 29.6 Å². The number of hydrogen-bond acceptors (Lipinski definition) is 5. The van der Waals surface area contributed by atoms with Gasteiger partial charge < -0.3 is 16.0 Å². The van der Waals surface area contributed by atoms with Crippen molar-refractivity contribution in [3.8, 4) is 11.3 Å². The molecule has 1 aliphatic rings. The molecule has 0 bridgehead atoms. The van der Waals surface area contributed by atoms with Crippen LogP contribution in [0.15, 0.2) is 29.6 Å². The normalized spacial score (nSPS) is 16.3. The number of hydrogen-bond donors (Lipinski definition) is 3. The molecule has 1 atom stereocenters. The first-order valence-electron chi connectivity index (χ1n) is 7.49. The zero-order chi connectivity index (χ0) is 16.2. The molecule has 8 heteroatoms. The second kappa shape index (κ2) is 8.23. The average Bonchev–Trinajstić information content (AvgIpc) is 3.18. The summed E-state index contributed by atoms with van der Waals surface area (Å²) in [7, 11) is 0. The van der Waals surface area contributed by atoms with Crippen LogP contribution in [0, 0.1) is 0 Å². The van der Waals surface area contributed by atoms with E-state index in [4.69, 9.17) is 0 Å². The lowest BCUT2D eigenvalue weighted by atomic mass is 10.1. The second-order valence-electron chi connectivity index (χ2n) is 5.43. The van der Waals surface area contributed by atoms with Crippen LogP contribution >= 0.6 is 23.7 Å². The van der Waals surface area contributed by atoms with Crippen molar-refractivity contribution in [1.29, 1.82) is 0 Å². The average molecular weight is 367 g/mol. The molecule has 2 amide bonds. The van der Waals surface area contributed by atoms with Gasteiger partial charge in [-0.2, -0.15) is 0 Å². The predicted molar refractivity (Wildman–Crippen MR) is 98.8 cm³/mol. The van der Waals surface area contributed by atoms with Crippen molar-refractivity contribution >= 4 is 46.4 Å². The van der Waals surface area contributed by atoms with E-state index in [9.17, 15) is 9.59 Å². The SMILES string of the molecule is CC(=O)Nc1ccc(-c2csc(NC(=O)C3CCCN3)n2)cc1.Cl. The third kappa shape index (κ3) is 4.53. The predicted octanol–water partition coefficient (Wildman–Crippen LogP) is 2.88. The van der Waals surface area contributed by atoms with Crippen LogP contribution in [0.3, 0.4) is 0 Å². The Balaban J connectivity index is 0.00000208. The van der Waals surface area contributed by atoms with E-state index in [1.54, 1.807) is 0 Å². The van der Waals surface area contributed by atoms with Crippen LogP contribution in [-0.2, 0) is 9.59 Å². The molecule has 0 aliphatic carbocycles.